The molecular formula is C3H8NO5P. The van der Waals surface area contributed by atoms with Gasteiger partial charge in [0.2, 0.25) is 0 Å². The summed E-state index contributed by atoms with van der Waals surface area (Å²) < 4.78 is 10.0. The zero-order valence-corrected chi connectivity index (χ0v) is 5.91. The van der Waals surface area contributed by atoms with E-state index in [0.717, 1.165) is 0 Å². The highest BCUT2D eigenvalue weighted by molar-refractivity contribution is 7.49. The van der Waals surface area contributed by atoms with Gasteiger partial charge < -0.3 is 14.9 Å². The van der Waals surface area contributed by atoms with Crippen LogP contribution < -0.4 is 5.09 Å². The van der Waals surface area contributed by atoms with E-state index in [9.17, 15) is 9.36 Å². The lowest BCUT2D eigenvalue weighted by Crippen LogP contribution is -2.22. The van der Waals surface area contributed by atoms with Gasteiger partial charge in [-0.3, -0.25) is 4.79 Å². The van der Waals surface area contributed by atoms with Crippen LogP contribution in [0.15, 0.2) is 0 Å². The molecule has 0 aliphatic rings. The summed E-state index contributed by atoms with van der Waals surface area (Å²) in [4.78, 5) is 26.5. The summed E-state index contributed by atoms with van der Waals surface area (Å²) in [7, 11) is -4.31. The van der Waals surface area contributed by atoms with Crippen LogP contribution in [0.2, 0.25) is 0 Å². The number of hydrogen-bond donors (Lipinski definition) is 4. The normalized spacial score (nSPS) is 11.5. The molecule has 0 aliphatic heterocycles. The predicted molar refractivity (Wildman–Crippen MR) is 32.1 cm³/mol. The molecule has 0 atom stereocenters. The highest BCUT2D eigenvalue weighted by atomic mass is 31.2. The van der Waals surface area contributed by atoms with E-state index in [1.165, 1.54) is 0 Å². The zero-order chi connectivity index (χ0) is 8.20. The molecule has 0 aromatic heterocycles. The highest BCUT2D eigenvalue weighted by Gasteiger charge is 2.12. The smallest absolute Gasteiger partial charge is 0.389 e. The van der Waals surface area contributed by atoms with Crippen LogP contribution in [0.25, 0.3) is 0 Å². The largest absolute Gasteiger partial charge is 0.400 e. The summed E-state index contributed by atoms with van der Waals surface area (Å²) in [6, 6.07) is 0. The number of rotatable bonds is 4. The number of ketones is 1. The third kappa shape index (κ3) is 5.87. The standard InChI is InChI=1S/C3H8NO5P/c5-2-3(6)1-4-10(7,8)9/h5H,1-2H2,(H3,4,7,8,9). The summed E-state index contributed by atoms with van der Waals surface area (Å²) in [5.41, 5.74) is 0. The molecule has 0 fully saturated rings. The van der Waals surface area contributed by atoms with Crippen molar-refractivity contribution in [3.63, 3.8) is 0 Å². The van der Waals surface area contributed by atoms with Crippen molar-refractivity contribution in [3.05, 3.63) is 0 Å². The Kier molecular flexibility index (Phi) is 3.70. The first-order chi connectivity index (χ1) is 4.45. The van der Waals surface area contributed by atoms with Crippen molar-refractivity contribution >= 4 is 13.5 Å². The summed E-state index contributed by atoms with van der Waals surface area (Å²) in [6.45, 7) is -1.23. The van der Waals surface area contributed by atoms with Crippen LogP contribution in [0.4, 0.5) is 0 Å². The second-order valence-electron chi connectivity index (χ2n) is 1.58. The maximum absolute atomic E-state index is 10.2. The average molecular weight is 169 g/mol. The van der Waals surface area contributed by atoms with Gasteiger partial charge >= 0.3 is 7.75 Å². The first kappa shape index (κ1) is 9.74. The lowest BCUT2D eigenvalue weighted by molar-refractivity contribution is -0.120. The number of aliphatic hydroxyl groups excluding tert-OH is 1. The van der Waals surface area contributed by atoms with Gasteiger partial charge in [0.05, 0.1) is 6.54 Å². The third-order valence-electron chi connectivity index (χ3n) is 0.659. The summed E-state index contributed by atoms with van der Waals surface area (Å²) in [5, 5.41) is 9.72. The zero-order valence-electron chi connectivity index (χ0n) is 5.02. The summed E-state index contributed by atoms with van der Waals surface area (Å²) >= 11 is 0. The molecule has 0 unspecified atom stereocenters. The Morgan fingerprint density at radius 1 is 1.50 bits per heavy atom. The Labute approximate surface area is 57.1 Å². The van der Waals surface area contributed by atoms with Gasteiger partial charge in [-0.1, -0.05) is 0 Å². The Balaban J connectivity index is 3.56. The first-order valence-corrected chi connectivity index (χ1v) is 4.00. The molecule has 4 N–H and O–H groups in total. The maximum Gasteiger partial charge on any atom is 0.400 e. The Morgan fingerprint density at radius 3 is 2.30 bits per heavy atom. The lowest BCUT2D eigenvalue weighted by Gasteiger charge is -2.02. The quantitative estimate of drug-likeness (QED) is 0.371. The van der Waals surface area contributed by atoms with Crippen LogP contribution in [-0.2, 0) is 9.36 Å². The van der Waals surface area contributed by atoms with Crippen LogP contribution in [0.5, 0.6) is 0 Å². The van der Waals surface area contributed by atoms with E-state index in [0.29, 0.717) is 0 Å². The van der Waals surface area contributed by atoms with E-state index in [-0.39, 0.29) is 0 Å². The van der Waals surface area contributed by atoms with Crippen molar-refractivity contribution < 1.29 is 24.3 Å². The van der Waals surface area contributed by atoms with Crippen molar-refractivity contribution in [1.82, 2.24) is 5.09 Å². The van der Waals surface area contributed by atoms with Gasteiger partial charge in [0.25, 0.3) is 0 Å². The van der Waals surface area contributed by atoms with Gasteiger partial charge in [0.1, 0.15) is 6.61 Å². The molecule has 0 aromatic carbocycles. The summed E-state index contributed by atoms with van der Waals surface area (Å²) in [5.74, 6) is -0.664. The predicted octanol–water partition coefficient (Wildman–Crippen LogP) is -1.77. The van der Waals surface area contributed by atoms with Crippen molar-refractivity contribution in [3.8, 4) is 0 Å². The van der Waals surface area contributed by atoms with E-state index >= 15 is 0 Å². The number of aliphatic hydroxyl groups is 1. The van der Waals surface area contributed by atoms with Crippen molar-refractivity contribution in [1.29, 1.82) is 0 Å². The second-order valence-corrected chi connectivity index (χ2v) is 2.98. The molecule has 0 spiro atoms. The lowest BCUT2D eigenvalue weighted by atomic mass is 10.4. The van der Waals surface area contributed by atoms with Crippen molar-refractivity contribution in [2.45, 2.75) is 0 Å². The molecule has 0 heterocycles. The molecule has 0 rings (SSSR count). The first-order valence-electron chi connectivity index (χ1n) is 2.39. The molecule has 0 radical (unpaired) electrons. The van der Waals surface area contributed by atoms with Crippen LogP contribution in [0.3, 0.4) is 0 Å². The number of hydrogen-bond acceptors (Lipinski definition) is 3. The molecule has 0 saturated carbocycles. The molecular weight excluding hydrogens is 161 g/mol. The molecule has 0 bridgehead atoms. The van der Waals surface area contributed by atoms with Crippen molar-refractivity contribution in [2.24, 2.45) is 0 Å². The number of nitrogens with one attached hydrogen (secondary N) is 1. The Bertz CT molecular complexity index is 162. The van der Waals surface area contributed by atoms with Gasteiger partial charge in [-0.2, -0.15) is 0 Å². The fourth-order valence-corrected chi connectivity index (χ4v) is 0.629. The third-order valence-corrected chi connectivity index (χ3v) is 1.23. The minimum Gasteiger partial charge on any atom is -0.389 e. The minimum atomic E-state index is -4.31. The average Bonchev–Trinajstić information content (AvgIpc) is 1.81. The van der Waals surface area contributed by atoms with E-state index in [1.807, 2.05) is 0 Å². The van der Waals surface area contributed by atoms with Crippen molar-refractivity contribution in [2.75, 3.05) is 13.2 Å². The van der Waals surface area contributed by atoms with Gasteiger partial charge in [-0.05, 0) is 0 Å². The van der Waals surface area contributed by atoms with Gasteiger partial charge in [0.15, 0.2) is 5.78 Å². The SMILES string of the molecule is O=C(CO)CNP(=O)(O)O. The molecule has 0 saturated heterocycles. The van der Waals surface area contributed by atoms with E-state index in [4.69, 9.17) is 14.9 Å². The number of Topliss-reactive ketones (excluding diaryl/α,β-unsaturated/α-hetero) is 1. The number of carbonyl (C=O) groups excluding carboxylic acids is 1. The molecule has 0 aromatic rings. The van der Waals surface area contributed by atoms with Gasteiger partial charge in [-0.15, -0.1) is 0 Å². The molecule has 6 nitrogen and oxygen atoms in total. The second kappa shape index (κ2) is 3.80. The number of carbonyl (C=O) groups is 1. The minimum absolute atomic E-state index is 0.513. The highest BCUT2D eigenvalue weighted by Crippen LogP contribution is 2.26. The van der Waals surface area contributed by atoms with Gasteiger partial charge in [0, 0.05) is 0 Å². The van der Waals surface area contributed by atoms with Gasteiger partial charge in [-0.25, -0.2) is 9.65 Å². The molecule has 7 heteroatoms. The maximum atomic E-state index is 10.2. The molecule has 0 aliphatic carbocycles. The fourth-order valence-electron chi connectivity index (χ4n) is 0.247. The fraction of sp³-hybridized carbons (Fsp3) is 0.667. The van der Waals surface area contributed by atoms with Crippen LogP contribution in [0.1, 0.15) is 0 Å². The Hall–Kier alpha value is -0.260. The summed E-state index contributed by atoms with van der Waals surface area (Å²) in [6.07, 6.45) is 0. The Morgan fingerprint density at radius 2 is 2.00 bits per heavy atom. The molecule has 10 heavy (non-hydrogen) atoms. The monoisotopic (exact) mass is 169 g/mol. The van der Waals surface area contributed by atoms with Crippen LogP contribution >= 0.6 is 7.75 Å². The van der Waals surface area contributed by atoms with E-state index < -0.39 is 26.7 Å². The molecule has 60 valence electrons. The van der Waals surface area contributed by atoms with E-state index in [2.05, 4.69) is 0 Å². The van der Waals surface area contributed by atoms with Crippen LogP contribution in [-0.4, -0.2) is 33.8 Å². The molecule has 0 amide bonds. The van der Waals surface area contributed by atoms with E-state index in [1.54, 1.807) is 5.09 Å². The topological polar surface area (TPSA) is 107 Å². The van der Waals surface area contributed by atoms with Crippen LogP contribution in [0, 0.1) is 0 Å².